The molecule has 0 radical (unpaired) electrons. The Hall–Kier alpha value is -1.83. The van der Waals surface area contributed by atoms with Crippen molar-refractivity contribution in [2.75, 3.05) is 23.7 Å². The SMILES string of the molecule is CCCCN(CC(N)=O)c1snc(N)c1C(=O)NC1CC1. The maximum absolute atomic E-state index is 12.3. The van der Waals surface area contributed by atoms with Crippen molar-refractivity contribution in [1.29, 1.82) is 0 Å². The van der Waals surface area contributed by atoms with Gasteiger partial charge in [-0.1, -0.05) is 13.3 Å². The number of nitrogen functional groups attached to an aromatic ring is 1. The molecule has 2 rings (SSSR count). The van der Waals surface area contributed by atoms with E-state index in [0.29, 0.717) is 17.1 Å². The molecule has 7 nitrogen and oxygen atoms in total. The van der Waals surface area contributed by atoms with Gasteiger partial charge in [0.05, 0.1) is 6.54 Å². The molecule has 21 heavy (non-hydrogen) atoms. The van der Waals surface area contributed by atoms with Crippen LogP contribution in [0, 0.1) is 0 Å². The van der Waals surface area contributed by atoms with Gasteiger partial charge in [0, 0.05) is 12.6 Å². The molecule has 0 aliphatic heterocycles. The lowest BCUT2D eigenvalue weighted by molar-refractivity contribution is -0.116. The van der Waals surface area contributed by atoms with Crippen LogP contribution in [0.2, 0.25) is 0 Å². The standard InChI is InChI=1S/C13H21N5O2S/c1-2-3-6-18(7-9(14)19)13-10(11(15)17-21-13)12(20)16-8-4-5-8/h8H,2-7H2,1H3,(H2,14,19)(H2,15,17)(H,16,20). The van der Waals surface area contributed by atoms with Crippen molar-refractivity contribution in [2.45, 2.75) is 38.6 Å². The minimum absolute atomic E-state index is 0.0609. The van der Waals surface area contributed by atoms with Gasteiger partial charge in [-0.15, -0.1) is 0 Å². The normalized spacial score (nSPS) is 14.0. The molecule has 1 fully saturated rings. The molecule has 5 N–H and O–H groups in total. The van der Waals surface area contributed by atoms with E-state index >= 15 is 0 Å². The Bertz CT molecular complexity index is 527. The number of hydrogen-bond donors (Lipinski definition) is 3. The van der Waals surface area contributed by atoms with Crippen LogP contribution in [0.25, 0.3) is 0 Å². The highest BCUT2D eigenvalue weighted by atomic mass is 32.1. The van der Waals surface area contributed by atoms with E-state index in [1.54, 1.807) is 4.90 Å². The molecule has 1 heterocycles. The molecule has 8 heteroatoms. The van der Waals surface area contributed by atoms with Crippen molar-refractivity contribution < 1.29 is 9.59 Å². The van der Waals surface area contributed by atoms with Crippen LogP contribution in [0.5, 0.6) is 0 Å². The summed E-state index contributed by atoms with van der Waals surface area (Å²) < 4.78 is 4.07. The number of nitrogens with zero attached hydrogens (tertiary/aromatic N) is 2. The summed E-state index contributed by atoms with van der Waals surface area (Å²) in [5.41, 5.74) is 11.5. The molecular formula is C13H21N5O2S. The summed E-state index contributed by atoms with van der Waals surface area (Å²) in [6, 6.07) is 0.241. The van der Waals surface area contributed by atoms with Gasteiger partial charge in [-0.2, -0.15) is 4.37 Å². The highest BCUT2D eigenvalue weighted by Crippen LogP contribution is 2.31. The average molecular weight is 311 g/mol. The fourth-order valence-electron chi connectivity index (χ4n) is 2.00. The maximum Gasteiger partial charge on any atom is 0.258 e. The number of carbonyl (C=O) groups is 2. The van der Waals surface area contributed by atoms with Gasteiger partial charge in [0.2, 0.25) is 5.91 Å². The van der Waals surface area contributed by atoms with Gasteiger partial charge in [-0.05, 0) is 30.8 Å². The number of unbranched alkanes of at least 4 members (excludes halogenated alkanes) is 1. The van der Waals surface area contributed by atoms with Crippen molar-refractivity contribution in [3.8, 4) is 0 Å². The number of aromatic nitrogens is 1. The third kappa shape index (κ3) is 4.07. The minimum Gasteiger partial charge on any atom is -0.382 e. The smallest absolute Gasteiger partial charge is 0.258 e. The Balaban J connectivity index is 2.21. The molecule has 0 saturated heterocycles. The monoisotopic (exact) mass is 311 g/mol. The van der Waals surface area contributed by atoms with Gasteiger partial charge in [-0.25, -0.2) is 0 Å². The molecule has 1 aliphatic rings. The van der Waals surface area contributed by atoms with E-state index in [1.807, 2.05) is 0 Å². The molecule has 1 saturated carbocycles. The minimum atomic E-state index is -0.438. The molecule has 0 unspecified atom stereocenters. The molecule has 2 amide bonds. The van der Waals surface area contributed by atoms with E-state index in [1.165, 1.54) is 0 Å². The lowest BCUT2D eigenvalue weighted by Crippen LogP contribution is -2.36. The van der Waals surface area contributed by atoms with Crippen molar-refractivity contribution >= 4 is 34.2 Å². The Morgan fingerprint density at radius 2 is 2.19 bits per heavy atom. The van der Waals surface area contributed by atoms with Gasteiger partial charge in [0.25, 0.3) is 5.91 Å². The van der Waals surface area contributed by atoms with Crippen LogP contribution in [-0.2, 0) is 4.79 Å². The number of rotatable bonds is 8. The lowest BCUT2D eigenvalue weighted by atomic mass is 10.2. The zero-order valence-electron chi connectivity index (χ0n) is 12.1. The molecule has 1 aromatic heterocycles. The zero-order chi connectivity index (χ0) is 15.4. The number of primary amides is 1. The molecule has 0 spiro atoms. The van der Waals surface area contributed by atoms with Crippen molar-refractivity contribution in [1.82, 2.24) is 9.69 Å². The topological polar surface area (TPSA) is 114 Å². The van der Waals surface area contributed by atoms with Gasteiger partial charge in [-0.3, -0.25) is 9.59 Å². The second kappa shape index (κ2) is 6.75. The van der Waals surface area contributed by atoms with E-state index in [0.717, 1.165) is 37.2 Å². The number of carbonyl (C=O) groups excluding carboxylic acids is 2. The van der Waals surface area contributed by atoms with Crippen LogP contribution in [0.4, 0.5) is 10.8 Å². The molecule has 0 bridgehead atoms. The summed E-state index contributed by atoms with van der Waals surface area (Å²) in [4.78, 5) is 25.3. The number of amides is 2. The second-order valence-electron chi connectivity index (χ2n) is 5.24. The van der Waals surface area contributed by atoms with Gasteiger partial charge >= 0.3 is 0 Å². The lowest BCUT2D eigenvalue weighted by Gasteiger charge is -2.22. The van der Waals surface area contributed by atoms with E-state index in [4.69, 9.17) is 11.5 Å². The van der Waals surface area contributed by atoms with Gasteiger partial charge in [0.1, 0.15) is 10.6 Å². The Morgan fingerprint density at radius 3 is 2.76 bits per heavy atom. The third-order valence-corrected chi connectivity index (χ3v) is 4.18. The molecular weight excluding hydrogens is 290 g/mol. The Morgan fingerprint density at radius 1 is 1.48 bits per heavy atom. The molecule has 1 aromatic rings. The highest BCUT2D eigenvalue weighted by Gasteiger charge is 2.29. The van der Waals surface area contributed by atoms with E-state index in [-0.39, 0.29) is 24.3 Å². The van der Waals surface area contributed by atoms with Crippen LogP contribution >= 0.6 is 11.5 Å². The average Bonchev–Trinajstić information content (AvgIpc) is 3.14. The van der Waals surface area contributed by atoms with Crippen molar-refractivity contribution in [3.05, 3.63) is 5.56 Å². The fraction of sp³-hybridized carbons (Fsp3) is 0.615. The van der Waals surface area contributed by atoms with Crippen LogP contribution in [0.3, 0.4) is 0 Å². The van der Waals surface area contributed by atoms with E-state index in [9.17, 15) is 9.59 Å². The predicted molar refractivity (Wildman–Crippen MR) is 83.3 cm³/mol. The largest absolute Gasteiger partial charge is 0.382 e. The molecule has 0 atom stereocenters. The molecule has 0 aromatic carbocycles. The summed E-state index contributed by atoms with van der Waals surface area (Å²) in [5, 5.41) is 3.53. The fourth-order valence-corrected chi connectivity index (χ4v) is 2.83. The maximum atomic E-state index is 12.3. The third-order valence-electron chi connectivity index (χ3n) is 3.26. The first kappa shape index (κ1) is 15.6. The van der Waals surface area contributed by atoms with Gasteiger partial charge < -0.3 is 21.7 Å². The quantitative estimate of drug-likeness (QED) is 0.654. The van der Waals surface area contributed by atoms with Crippen LogP contribution in [0.15, 0.2) is 0 Å². The van der Waals surface area contributed by atoms with E-state index in [2.05, 4.69) is 16.6 Å². The van der Waals surface area contributed by atoms with Gasteiger partial charge in [0.15, 0.2) is 5.82 Å². The predicted octanol–water partition coefficient (Wildman–Crippen LogP) is 0.709. The molecule has 116 valence electrons. The first-order valence-electron chi connectivity index (χ1n) is 7.12. The summed E-state index contributed by atoms with van der Waals surface area (Å²) in [7, 11) is 0. The Kier molecular flexibility index (Phi) is 5.00. The number of anilines is 2. The number of hydrogen-bond acceptors (Lipinski definition) is 6. The summed E-state index contributed by atoms with van der Waals surface area (Å²) in [5.74, 6) is -0.449. The van der Waals surface area contributed by atoms with Crippen LogP contribution in [0.1, 0.15) is 43.0 Å². The highest BCUT2D eigenvalue weighted by molar-refractivity contribution is 7.11. The van der Waals surface area contributed by atoms with Crippen molar-refractivity contribution in [3.63, 3.8) is 0 Å². The van der Waals surface area contributed by atoms with Crippen LogP contribution < -0.4 is 21.7 Å². The first-order chi connectivity index (χ1) is 10.0. The Labute approximate surface area is 127 Å². The second-order valence-corrected chi connectivity index (χ2v) is 5.99. The summed E-state index contributed by atoms with van der Waals surface area (Å²) >= 11 is 1.13. The molecule has 1 aliphatic carbocycles. The summed E-state index contributed by atoms with van der Waals surface area (Å²) in [6.07, 6.45) is 3.88. The zero-order valence-corrected chi connectivity index (χ0v) is 12.9. The van der Waals surface area contributed by atoms with Crippen LogP contribution in [-0.4, -0.2) is 35.3 Å². The van der Waals surface area contributed by atoms with E-state index < -0.39 is 5.91 Å². The summed E-state index contributed by atoms with van der Waals surface area (Å²) in [6.45, 7) is 2.76. The first-order valence-corrected chi connectivity index (χ1v) is 7.89. The van der Waals surface area contributed by atoms with Crippen molar-refractivity contribution in [2.24, 2.45) is 5.73 Å². The number of nitrogens with one attached hydrogen (secondary N) is 1. The number of nitrogens with two attached hydrogens (primary N) is 2.